The van der Waals surface area contributed by atoms with Gasteiger partial charge < -0.3 is 0 Å². The quantitative estimate of drug-likeness (QED) is 0.592. The van der Waals surface area contributed by atoms with Crippen molar-refractivity contribution in [1.82, 2.24) is 19.1 Å². The summed E-state index contributed by atoms with van der Waals surface area (Å²) in [4.78, 5) is 0. The second-order valence-electron chi connectivity index (χ2n) is 1.52. The number of hydrogen-bond acceptors (Lipinski definition) is 6. The molecule has 2 rings (SSSR count). The first-order valence-corrected chi connectivity index (χ1v) is 3.18. The van der Waals surface area contributed by atoms with Crippen molar-refractivity contribution in [2.24, 2.45) is 0 Å². The topological polar surface area (TPSA) is 64.7 Å². The summed E-state index contributed by atoms with van der Waals surface area (Å²) in [5.74, 6) is 0. The largest absolute Gasteiger partial charge is 0.244 e. The Kier molecular flexibility index (Phi) is 1.17. The Morgan fingerprint density at radius 2 is 2.60 bits per heavy atom. The molecule has 6 heteroatoms. The first-order valence-electron chi connectivity index (χ1n) is 2.45. The molecule has 0 aromatic carbocycles. The smallest absolute Gasteiger partial charge is 0.156 e. The van der Waals surface area contributed by atoms with Gasteiger partial charge in [-0.25, -0.2) is 4.63 Å². The number of aromatic nitrogens is 4. The highest BCUT2D eigenvalue weighted by molar-refractivity contribution is 6.99. The molecular weight excluding hydrogens is 152 g/mol. The lowest BCUT2D eigenvalue weighted by molar-refractivity contribution is 0.308. The Labute approximate surface area is 60.0 Å². The second-order valence-corrected chi connectivity index (χ2v) is 2.05. The van der Waals surface area contributed by atoms with Crippen LogP contribution in [0.2, 0.25) is 0 Å². The minimum atomic E-state index is 0.564. The van der Waals surface area contributed by atoms with E-state index >= 15 is 0 Å². The molecule has 0 aliphatic carbocycles. The van der Waals surface area contributed by atoms with E-state index in [1.807, 2.05) is 0 Å². The van der Waals surface area contributed by atoms with Gasteiger partial charge in [0.15, 0.2) is 5.69 Å². The van der Waals surface area contributed by atoms with Crippen molar-refractivity contribution in [3.8, 4) is 11.4 Å². The summed E-state index contributed by atoms with van der Waals surface area (Å²) in [5, 5.41) is 6.95. The van der Waals surface area contributed by atoms with E-state index in [9.17, 15) is 0 Å². The molecule has 49 valence electrons. The molecule has 0 amide bonds. The maximum absolute atomic E-state index is 4.36. The van der Waals surface area contributed by atoms with E-state index in [2.05, 4.69) is 29.9 Å². The maximum atomic E-state index is 4.36. The Morgan fingerprint density at radius 1 is 1.60 bits per heavy atom. The first kappa shape index (κ1) is 5.48. The van der Waals surface area contributed by atoms with E-state index in [0.29, 0.717) is 11.4 Å². The van der Waals surface area contributed by atoms with Gasteiger partial charge in [-0.2, -0.15) is 8.75 Å². The molecule has 0 saturated heterocycles. The molecule has 2 aromatic rings. The summed E-state index contributed by atoms with van der Waals surface area (Å²) in [6, 6.07) is 0. The summed E-state index contributed by atoms with van der Waals surface area (Å²) in [7, 11) is 0. The zero-order chi connectivity index (χ0) is 6.81. The zero-order valence-electron chi connectivity index (χ0n) is 4.68. The Morgan fingerprint density at radius 3 is 3.20 bits per heavy atom. The molecule has 0 unspecified atom stereocenters. The molecule has 5 nitrogen and oxygen atoms in total. The fourth-order valence-electron chi connectivity index (χ4n) is 0.518. The number of hydrogen-bond donors (Lipinski definition) is 0. The summed E-state index contributed by atoms with van der Waals surface area (Å²) >= 11 is 1.07. The van der Waals surface area contributed by atoms with Crippen LogP contribution < -0.4 is 0 Å². The molecule has 0 spiro atoms. The van der Waals surface area contributed by atoms with Crippen LogP contribution in [0.3, 0.4) is 0 Å². The van der Waals surface area contributed by atoms with Crippen molar-refractivity contribution >= 4 is 11.7 Å². The van der Waals surface area contributed by atoms with Crippen LogP contribution in [0.25, 0.3) is 11.4 Å². The van der Waals surface area contributed by atoms with Gasteiger partial charge >= 0.3 is 0 Å². The van der Waals surface area contributed by atoms with E-state index < -0.39 is 0 Å². The van der Waals surface area contributed by atoms with Gasteiger partial charge in [-0.1, -0.05) is 5.16 Å². The van der Waals surface area contributed by atoms with Crippen LogP contribution in [0.15, 0.2) is 10.8 Å². The highest BCUT2D eigenvalue weighted by atomic mass is 32.1. The van der Waals surface area contributed by atoms with Crippen LogP contribution in [0.4, 0.5) is 0 Å². The molecule has 2 aromatic heterocycles. The third-order valence-corrected chi connectivity index (χ3v) is 1.37. The molecule has 0 saturated carbocycles. The van der Waals surface area contributed by atoms with Crippen LogP contribution in [0, 0.1) is 6.20 Å². The molecule has 0 bridgehead atoms. The summed E-state index contributed by atoms with van der Waals surface area (Å²) in [6.07, 6.45) is 4.10. The predicted octanol–water partition coefficient (Wildman–Crippen LogP) is 0.388. The SMILES string of the molecule is [c]1nsnc1-c1cnon1. The highest BCUT2D eigenvalue weighted by Gasteiger charge is 2.04. The fourth-order valence-corrected chi connectivity index (χ4v) is 0.902. The minimum absolute atomic E-state index is 0.564. The van der Waals surface area contributed by atoms with Crippen molar-refractivity contribution in [2.75, 3.05) is 0 Å². The normalized spacial score (nSPS) is 10.0. The third-order valence-electron chi connectivity index (χ3n) is 0.928. The van der Waals surface area contributed by atoms with Crippen LogP contribution in [-0.4, -0.2) is 19.1 Å². The van der Waals surface area contributed by atoms with Crippen LogP contribution in [0.1, 0.15) is 0 Å². The van der Waals surface area contributed by atoms with Crippen molar-refractivity contribution in [3.05, 3.63) is 12.4 Å². The highest BCUT2D eigenvalue weighted by Crippen LogP contribution is 2.10. The van der Waals surface area contributed by atoms with E-state index in [0.717, 1.165) is 11.7 Å². The average Bonchev–Trinajstić information content (AvgIpc) is 2.59. The van der Waals surface area contributed by atoms with E-state index in [1.165, 1.54) is 6.20 Å². The monoisotopic (exact) mass is 153 g/mol. The molecule has 0 atom stereocenters. The summed E-state index contributed by atoms with van der Waals surface area (Å²) < 4.78 is 11.9. The zero-order valence-corrected chi connectivity index (χ0v) is 5.50. The van der Waals surface area contributed by atoms with Crippen LogP contribution >= 0.6 is 11.7 Å². The van der Waals surface area contributed by atoms with Crippen molar-refractivity contribution in [2.45, 2.75) is 0 Å². The van der Waals surface area contributed by atoms with Gasteiger partial charge in [-0.05, 0) is 5.16 Å². The van der Waals surface area contributed by atoms with Crippen LogP contribution in [0.5, 0.6) is 0 Å². The molecule has 10 heavy (non-hydrogen) atoms. The Balaban J connectivity index is 2.48. The molecule has 0 fully saturated rings. The van der Waals surface area contributed by atoms with E-state index in [-0.39, 0.29) is 0 Å². The Hall–Kier alpha value is -1.30. The minimum Gasteiger partial charge on any atom is -0.244 e. The van der Waals surface area contributed by atoms with Crippen molar-refractivity contribution < 1.29 is 4.63 Å². The molecule has 1 radical (unpaired) electrons. The molecule has 0 aliphatic rings. The Bertz CT molecular complexity index is 257. The van der Waals surface area contributed by atoms with Gasteiger partial charge in [0.1, 0.15) is 18.1 Å². The standard InChI is InChI=1S/C4HN4OS/c1-3(7-9-5-1)4-2-6-10-8-4/h1H. The second kappa shape index (κ2) is 2.14. The van der Waals surface area contributed by atoms with Gasteiger partial charge in [0.25, 0.3) is 0 Å². The molecule has 0 aliphatic heterocycles. The first-order chi connectivity index (χ1) is 4.97. The lowest BCUT2D eigenvalue weighted by Gasteiger charge is -1.76. The third kappa shape index (κ3) is 0.781. The molecule has 2 heterocycles. The lowest BCUT2D eigenvalue weighted by atomic mass is 10.4. The predicted molar refractivity (Wildman–Crippen MR) is 32.0 cm³/mol. The average molecular weight is 153 g/mol. The van der Waals surface area contributed by atoms with Crippen molar-refractivity contribution in [1.29, 1.82) is 0 Å². The molecular formula is C4HN4OS. The van der Waals surface area contributed by atoms with Crippen molar-refractivity contribution in [3.63, 3.8) is 0 Å². The van der Waals surface area contributed by atoms with Gasteiger partial charge in [-0.15, -0.1) is 0 Å². The van der Waals surface area contributed by atoms with E-state index in [4.69, 9.17) is 0 Å². The summed E-state index contributed by atoms with van der Waals surface area (Å²) in [5.41, 5.74) is 1.14. The van der Waals surface area contributed by atoms with E-state index in [1.54, 1.807) is 0 Å². The number of rotatable bonds is 1. The summed E-state index contributed by atoms with van der Waals surface area (Å²) in [6.45, 7) is 0. The van der Waals surface area contributed by atoms with Gasteiger partial charge in [0, 0.05) is 0 Å². The van der Waals surface area contributed by atoms with Crippen LogP contribution in [-0.2, 0) is 0 Å². The van der Waals surface area contributed by atoms with Gasteiger partial charge in [-0.3, -0.25) is 0 Å². The maximum Gasteiger partial charge on any atom is 0.156 e. The van der Waals surface area contributed by atoms with Gasteiger partial charge in [0.2, 0.25) is 0 Å². The number of nitrogens with zero attached hydrogens (tertiary/aromatic N) is 4. The molecule has 0 N–H and O–H groups in total. The fraction of sp³-hybridized carbons (Fsp3) is 0. The van der Waals surface area contributed by atoms with Gasteiger partial charge in [0.05, 0.1) is 11.7 Å². The lowest BCUT2D eigenvalue weighted by Crippen LogP contribution is -1.73.